The summed E-state index contributed by atoms with van der Waals surface area (Å²) in [7, 11) is 0. The Bertz CT molecular complexity index is 2320. The molecule has 7 rings (SSSR count). The summed E-state index contributed by atoms with van der Waals surface area (Å²) in [4.78, 5) is 33.0. The molecule has 2 heterocycles. The SMILES string of the molecule is CCOC(=O)C1=C(c2ccccc2)N=c2sc(=Cc3cccc(OCc4cccc5ccccc45)c3)c(=O)n2[C@H]1c1ccc(F)cc1. The fraction of sp³-hybridized carbons (Fsp3) is 0.103. The summed E-state index contributed by atoms with van der Waals surface area (Å²) < 4.78 is 27.7. The van der Waals surface area contributed by atoms with Crippen LogP contribution in [0, 0.1) is 5.82 Å². The number of ether oxygens (including phenoxy) is 2. The number of carbonyl (C=O) groups is 1. The molecular weight excluding hydrogens is 612 g/mol. The highest BCUT2D eigenvalue weighted by atomic mass is 32.1. The van der Waals surface area contributed by atoms with Gasteiger partial charge in [-0.2, -0.15) is 0 Å². The lowest BCUT2D eigenvalue weighted by Gasteiger charge is -2.25. The minimum absolute atomic E-state index is 0.143. The summed E-state index contributed by atoms with van der Waals surface area (Å²) in [5.41, 5.74) is 3.43. The molecule has 0 amide bonds. The molecule has 1 aliphatic rings. The summed E-state index contributed by atoms with van der Waals surface area (Å²) in [5.74, 6) is -0.344. The predicted octanol–water partition coefficient (Wildman–Crippen LogP) is 6.81. The maximum absolute atomic E-state index is 14.2. The number of fused-ring (bicyclic) bond motifs is 2. The average Bonchev–Trinajstić information content (AvgIpc) is 3.41. The summed E-state index contributed by atoms with van der Waals surface area (Å²) in [6.07, 6.45) is 1.80. The van der Waals surface area contributed by atoms with Crippen molar-refractivity contribution >= 4 is 39.9 Å². The lowest BCUT2D eigenvalue weighted by Crippen LogP contribution is -2.40. The molecule has 0 N–H and O–H groups in total. The number of hydrogen-bond acceptors (Lipinski definition) is 6. The van der Waals surface area contributed by atoms with Crippen LogP contribution >= 0.6 is 11.3 Å². The minimum Gasteiger partial charge on any atom is -0.489 e. The Labute approximate surface area is 274 Å². The third-order valence-electron chi connectivity index (χ3n) is 7.99. The number of benzene rings is 5. The van der Waals surface area contributed by atoms with Gasteiger partial charge in [-0.05, 0) is 64.7 Å². The summed E-state index contributed by atoms with van der Waals surface area (Å²) in [6, 6.07) is 36.2. The molecule has 8 heteroatoms. The third-order valence-corrected chi connectivity index (χ3v) is 8.97. The topological polar surface area (TPSA) is 69.9 Å². The quantitative estimate of drug-likeness (QED) is 0.172. The van der Waals surface area contributed by atoms with Crippen molar-refractivity contribution < 1.29 is 18.7 Å². The first-order chi connectivity index (χ1) is 23.0. The van der Waals surface area contributed by atoms with Crippen LogP contribution in [0.15, 0.2) is 137 Å². The maximum Gasteiger partial charge on any atom is 0.338 e. The predicted molar refractivity (Wildman–Crippen MR) is 182 cm³/mol. The molecule has 232 valence electrons. The van der Waals surface area contributed by atoms with Gasteiger partial charge >= 0.3 is 5.97 Å². The number of esters is 1. The molecule has 5 aromatic carbocycles. The molecule has 0 unspecified atom stereocenters. The second-order valence-corrected chi connectivity index (χ2v) is 12.0. The van der Waals surface area contributed by atoms with Gasteiger partial charge in [0.05, 0.1) is 28.5 Å². The lowest BCUT2D eigenvalue weighted by molar-refractivity contribution is -0.138. The molecule has 0 aliphatic carbocycles. The minimum atomic E-state index is -0.876. The van der Waals surface area contributed by atoms with Crippen molar-refractivity contribution in [3.05, 3.63) is 175 Å². The van der Waals surface area contributed by atoms with Crippen molar-refractivity contribution in [2.45, 2.75) is 19.6 Å². The van der Waals surface area contributed by atoms with Crippen LogP contribution in [-0.2, 0) is 16.1 Å². The van der Waals surface area contributed by atoms with E-state index in [-0.39, 0.29) is 17.7 Å². The van der Waals surface area contributed by atoms with Gasteiger partial charge in [0.1, 0.15) is 18.2 Å². The van der Waals surface area contributed by atoms with E-state index in [4.69, 9.17) is 14.5 Å². The zero-order valence-corrected chi connectivity index (χ0v) is 26.2. The number of aromatic nitrogens is 1. The van der Waals surface area contributed by atoms with Crippen LogP contribution < -0.4 is 19.6 Å². The summed E-state index contributed by atoms with van der Waals surface area (Å²) in [5, 5.41) is 2.29. The van der Waals surface area contributed by atoms with E-state index in [0.29, 0.717) is 38.5 Å². The highest BCUT2D eigenvalue weighted by molar-refractivity contribution is 7.07. The largest absolute Gasteiger partial charge is 0.489 e. The van der Waals surface area contributed by atoms with Crippen LogP contribution in [0.4, 0.5) is 4.39 Å². The van der Waals surface area contributed by atoms with Crippen LogP contribution in [0.2, 0.25) is 0 Å². The first-order valence-electron chi connectivity index (χ1n) is 15.2. The molecule has 0 saturated heterocycles. The van der Waals surface area contributed by atoms with Gasteiger partial charge in [0.25, 0.3) is 5.56 Å². The van der Waals surface area contributed by atoms with Gasteiger partial charge in [-0.15, -0.1) is 0 Å². The monoisotopic (exact) mass is 640 g/mol. The molecule has 6 aromatic rings. The fourth-order valence-corrected chi connectivity index (χ4v) is 6.83. The maximum atomic E-state index is 14.2. The Balaban J connectivity index is 1.32. The standard InChI is InChI=1S/C39H29FN2O4S/c1-2-45-38(44)34-35(27-12-4-3-5-13-27)41-39-42(36(34)28-18-20-30(40)21-19-28)37(43)33(47-39)23-25-10-8-16-31(22-25)46-24-29-15-9-14-26-11-6-7-17-32(26)29/h3-23,36H,2,24H2,1H3/t36-/m0/s1. The summed E-state index contributed by atoms with van der Waals surface area (Å²) in [6.45, 7) is 2.26. The number of carbonyl (C=O) groups excluding carboxylic acids is 1. The van der Waals surface area contributed by atoms with E-state index in [2.05, 4.69) is 24.3 Å². The van der Waals surface area contributed by atoms with Gasteiger partial charge < -0.3 is 9.47 Å². The smallest absolute Gasteiger partial charge is 0.338 e. The van der Waals surface area contributed by atoms with Gasteiger partial charge in [-0.3, -0.25) is 9.36 Å². The van der Waals surface area contributed by atoms with Crippen molar-refractivity contribution in [2.75, 3.05) is 6.61 Å². The highest BCUT2D eigenvalue weighted by Gasteiger charge is 2.35. The Morgan fingerprint density at radius 2 is 1.66 bits per heavy atom. The van der Waals surface area contributed by atoms with Gasteiger partial charge in [0, 0.05) is 5.56 Å². The van der Waals surface area contributed by atoms with Crippen LogP contribution in [0.25, 0.3) is 22.5 Å². The van der Waals surface area contributed by atoms with E-state index in [1.165, 1.54) is 28.0 Å². The van der Waals surface area contributed by atoms with Gasteiger partial charge in [-0.25, -0.2) is 14.2 Å². The Morgan fingerprint density at radius 3 is 2.47 bits per heavy atom. The third kappa shape index (κ3) is 6.03. The number of thiazole rings is 1. The molecule has 6 nitrogen and oxygen atoms in total. The highest BCUT2D eigenvalue weighted by Crippen LogP contribution is 2.35. The number of rotatable bonds is 8. The zero-order valence-electron chi connectivity index (χ0n) is 25.4. The van der Waals surface area contributed by atoms with E-state index in [0.717, 1.165) is 21.9 Å². The normalized spacial score (nSPS) is 14.5. The van der Waals surface area contributed by atoms with Gasteiger partial charge in [0.2, 0.25) is 0 Å². The van der Waals surface area contributed by atoms with E-state index >= 15 is 0 Å². The Hall–Kier alpha value is -5.60. The van der Waals surface area contributed by atoms with E-state index in [1.807, 2.05) is 72.8 Å². The molecular formula is C39H29FN2O4S. The van der Waals surface area contributed by atoms with Crippen LogP contribution in [0.5, 0.6) is 5.75 Å². The van der Waals surface area contributed by atoms with Crippen molar-refractivity contribution in [3.63, 3.8) is 0 Å². The number of nitrogens with zero attached hydrogens (tertiary/aromatic N) is 2. The molecule has 47 heavy (non-hydrogen) atoms. The molecule has 0 bridgehead atoms. The number of halogens is 1. The second-order valence-electron chi connectivity index (χ2n) is 11.0. The molecule has 1 aromatic heterocycles. The summed E-state index contributed by atoms with van der Waals surface area (Å²) >= 11 is 1.23. The Kier molecular flexibility index (Phi) is 8.33. The first kappa shape index (κ1) is 30.1. The van der Waals surface area contributed by atoms with Crippen molar-refractivity contribution in [3.8, 4) is 5.75 Å². The molecule has 0 fully saturated rings. The van der Waals surface area contributed by atoms with Crippen molar-refractivity contribution in [1.82, 2.24) is 4.57 Å². The number of hydrogen-bond donors (Lipinski definition) is 0. The van der Waals surface area contributed by atoms with Crippen LogP contribution in [0.3, 0.4) is 0 Å². The molecule has 0 saturated carbocycles. The lowest BCUT2D eigenvalue weighted by atomic mass is 9.93. The van der Waals surface area contributed by atoms with E-state index < -0.39 is 17.8 Å². The van der Waals surface area contributed by atoms with Crippen LogP contribution in [0.1, 0.15) is 35.2 Å². The first-order valence-corrected chi connectivity index (χ1v) is 16.1. The second kappa shape index (κ2) is 13.0. The fourth-order valence-electron chi connectivity index (χ4n) is 5.83. The molecule has 0 spiro atoms. The molecule has 0 radical (unpaired) electrons. The Morgan fingerprint density at radius 1 is 0.915 bits per heavy atom. The van der Waals surface area contributed by atoms with Crippen LogP contribution in [-0.4, -0.2) is 17.1 Å². The van der Waals surface area contributed by atoms with Gasteiger partial charge in [0.15, 0.2) is 4.80 Å². The van der Waals surface area contributed by atoms with E-state index in [1.54, 1.807) is 25.1 Å². The zero-order chi connectivity index (χ0) is 32.3. The molecule has 1 atom stereocenters. The average molecular weight is 641 g/mol. The van der Waals surface area contributed by atoms with Crippen molar-refractivity contribution in [2.24, 2.45) is 4.99 Å². The molecule has 1 aliphatic heterocycles. The van der Waals surface area contributed by atoms with Gasteiger partial charge in [-0.1, -0.05) is 108 Å². The van der Waals surface area contributed by atoms with E-state index in [9.17, 15) is 14.0 Å². The van der Waals surface area contributed by atoms with Crippen molar-refractivity contribution in [1.29, 1.82) is 0 Å².